The summed E-state index contributed by atoms with van der Waals surface area (Å²) >= 11 is 0. The molecule has 0 saturated heterocycles. The van der Waals surface area contributed by atoms with Crippen LogP contribution in [0.25, 0.3) is 0 Å². The molecule has 0 saturated carbocycles. The minimum Gasteiger partial charge on any atom is -0.490 e. The molecule has 0 heterocycles. The van der Waals surface area contributed by atoms with Gasteiger partial charge in [-0.1, -0.05) is 59.7 Å². The van der Waals surface area contributed by atoms with Crippen LogP contribution >= 0.6 is 0 Å². The monoisotopic (exact) mass is 234 g/mol. The topological polar surface area (TPSA) is 9.23 Å². The van der Waals surface area contributed by atoms with Gasteiger partial charge in [-0.25, -0.2) is 0 Å². The molecule has 17 heavy (non-hydrogen) atoms. The molecule has 0 amide bonds. The summed E-state index contributed by atoms with van der Waals surface area (Å²) in [6.07, 6.45) is 1.30. The van der Waals surface area contributed by atoms with Crippen LogP contribution in [0.4, 0.5) is 0 Å². The van der Waals surface area contributed by atoms with Gasteiger partial charge in [-0.15, -0.1) is 0 Å². The van der Waals surface area contributed by atoms with E-state index in [0.29, 0.717) is 0 Å². The second kappa shape index (κ2) is 5.12. The molecule has 1 heteroatoms. The third kappa shape index (κ3) is 5.25. The minimum atomic E-state index is 0.156. The number of ether oxygens (including phenoxy) is 1. The average Bonchev–Trinajstić information content (AvgIpc) is 2.15. The maximum Gasteiger partial charge on any atom is 0.119 e. The Bertz CT molecular complexity index is 327. The van der Waals surface area contributed by atoms with Gasteiger partial charge in [-0.05, 0) is 29.4 Å². The average molecular weight is 234 g/mol. The normalized spacial score (nSPS) is 14.5. The molecule has 0 N–H and O–H groups in total. The Morgan fingerprint density at radius 1 is 0.941 bits per heavy atom. The highest BCUT2D eigenvalue weighted by Gasteiger charge is 2.30. The van der Waals surface area contributed by atoms with Crippen LogP contribution < -0.4 is 4.74 Å². The predicted molar refractivity (Wildman–Crippen MR) is 74.4 cm³/mol. The fourth-order valence-electron chi connectivity index (χ4n) is 1.74. The summed E-state index contributed by atoms with van der Waals surface area (Å²) in [5.41, 5.74) is 0.440. The van der Waals surface area contributed by atoms with Crippen molar-refractivity contribution < 1.29 is 4.74 Å². The standard InChI is InChI=1S/C16H26O/c1-15(2,3)12-14(16(4,5)6)17-13-10-8-7-9-11-13/h7-11,14H,12H2,1-6H3. The van der Waals surface area contributed by atoms with E-state index >= 15 is 0 Å². The van der Waals surface area contributed by atoms with Gasteiger partial charge in [0.1, 0.15) is 11.9 Å². The van der Waals surface area contributed by atoms with E-state index < -0.39 is 0 Å². The van der Waals surface area contributed by atoms with Gasteiger partial charge in [0.2, 0.25) is 0 Å². The van der Waals surface area contributed by atoms with Gasteiger partial charge < -0.3 is 4.74 Å². The van der Waals surface area contributed by atoms with Crippen molar-refractivity contribution in [2.24, 2.45) is 10.8 Å². The lowest BCUT2D eigenvalue weighted by atomic mass is 9.78. The highest BCUT2D eigenvalue weighted by molar-refractivity contribution is 5.21. The number of para-hydroxylation sites is 1. The van der Waals surface area contributed by atoms with Crippen LogP contribution in [0.2, 0.25) is 0 Å². The van der Waals surface area contributed by atoms with Gasteiger partial charge in [0.15, 0.2) is 0 Å². The van der Waals surface area contributed by atoms with Crippen molar-refractivity contribution in [3.8, 4) is 5.75 Å². The molecule has 0 aliphatic carbocycles. The third-order valence-corrected chi connectivity index (χ3v) is 2.79. The molecule has 0 bridgehead atoms. The van der Waals surface area contributed by atoms with E-state index in [-0.39, 0.29) is 16.9 Å². The smallest absolute Gasteiger partial charge is 0.119 e. The van der Waals surface area contributed by atoms with Gasteiger partial charge in [0.05, 0.1) is 0 Å². The Kier molecular flexibility index (Phi) is 4.24. The second-order valence-corrected chi connectivity index (χ2v) is 7.05. The van der Waals surface area contributed by atoms with E-state index in [1.807, 2.05) is 30.3 Å². The van der Waals surface area contributed by atoms with Crippen LogP contribution in [0.3, 0.4) is 0 Å². The van der Waals surface area contributed by atoms with Crippen LogP contribution in [0, 0.1) is 10.8 Å². The van der Waals surface area contributed by atoms with E-state index in [1.165, 1.54) is 0 Å². The zero-order chi connectivity index (χ0) is 13.1. The van der Waals surface area contributed by atoms with E-state index in [9.17, 15) is 0 Å². The molecule has 0 radical (unpaired) electrons. The van der Waals surface area contributed by atoms with Crippen LogP contribution in [0.15, 0.2) is 30.3 Å². The summed E-state index contributed by atoms with van der Waals surface area (Å²) in [7, 11) is 0. The molecule has 1 nitrogen and oxygen atoms in total. The van der Waals surface area contributed by atoms with Crippen LogP contribution in [-0.4, -0.2) is 6.10 Å². The fourth-order valence-corrected chi connectivity index (χ4v) is 1.74. The fraction of sp³-hybridized carbons (Fsp3) is 0.625. The van der Waals surface area contributed by atoms with Crippen molar-refractivity contribution in [3.05, 3.63) is 30.3 Å². The number of hydrogen-bond donors (Lipinski definition) is 0. The molecular weight excluding hydrogens is 208 g/mol. The highest BCUT2D eigenvalue weighted by atomic mass is 16.5. The largest absolute Gasteiger partial charge is 0.490 e. The first-order valence-electron chi connectivity index (χ1n) is 6.40. The van der Waals surface area contributed by atoms with Crippen LogP contribution in [0.1, 0.15) is 48.0 Å². The first-order valence-corrected chi connectivity index (χ1v) is 6.40. The van der Waals surface area contributed by atoms with E-state index in [2.05, 4.69) is 41.5 Å². The number of benzene rings is 1. The Morgan fingerprint density at radius 3 is 1.88 bits per heavy atom. The molecule has 0 spiro atoms. The second-order valence-electron chi connectivity index (χ2n) is 7.05. The quantitative estimate of drug-likeness (QED) is 0.721. The van der Waals surface area contributed by atoms with Crippen LogP contribution in [0.5, 0.6) is 5.75 Å². The maximum absolute atomic E-state index is 6.15. The Morgan fingerprint density at radius 2 is 1.47 bits per heavy atom. The van der Waals surface area contributed by atoms with Gasteiger partial charge in [0.25, 0.3) is 0 Å². The van der Waals surface area contributed by atoms with E-state index in [1.54, 1.807) is 0 Å². The van der Waals surface area contributed by atoms with Crippen molar-refractivity contribution in [2.45, 2.75) is 54.1 Å². The van der Waals surface area contributed by atoms with Crippen molar-refractivity contribution >= 4 is 0 Å². The first kappa shape index (κ1) is 14.1. The summed E-state index contributed by atoms with van der Waals surface area (Å²) in [4.78, 5) is 0. The summed E-state index contributed by atoms with van der Waals surface area (Å²) in [5.74, 6) is 0.969. The van der Waals surface area contributed by atoms with E-state index in [0.717, 1.165) is 12.2 Å². The third-order valence-electron chi connectivity index (χ3n) is 2.79. The SMILES string of the molecule is CC(C)(C)CC(Oc1ccccc1)C(C)(C)C. The molecule has 1 unspecified atom stereocenters. The first-order chi connectivity index (χ1) is 7.68. The Balaban J connectivity index is 2.79. The number of hydrogen-bond acceptors (Lipinski definition) is 1. The molecule has 0 aromatic heterocycles. The lowest BCUT2D eigenvalue weighted by molar-refractivity contribution is 0.0496. The molecule has 0 aliphatic heterocycles. The maximum atomic E-state index is 6.15. The summed E-state index contributed by atoms with van der Waals surface area (Å²) in [6, 6.07) is 10.1. The van der Waals surface area contributed by atoms with E-state index in [4.69, 9.17) is 4.74 Å². The lowest BCUT2D eigenvalue weighted by Gasteiger charge is -2.35. The van der Waals surface area contributed by atoms with Crippen molar-refractivity contribution in [1.29, 1.82) is 0 Å². The highest BCUT2D eigenvalue weighted by Crippen LogP contribution is 2.33. The van der Waals surface area contributed by atoms with Gasteiger partial charge in [-0.3, -0.25) is 0 Å². The van der Waals surface area contributed by atoms with Crippen molar-refractivity contribution in [2.75, 3.05) is 0 Å². The Hall–Kier alpha value is -0.980. The van der Waals surface area contributed by atoms with Crippen molar-refractivity contribution in [1.82, 2.24) is 0 Å². The molecule has 0 aliphatic rings. The molecule has 1 aromatic rings. The molecule has 1 aromatic carbocycles. The summed E-state index contributed by atoms with van der Waals surface area (Å²) in [6.45, 7) is 13.5. The van der Waals surface area contributed by atoms with Gasteiger partial charge in [-0.2, -0.15) is 0 Å². The zero-order valence-electron chi connectivity index (χ0n) is 12.1. The Labute approximate surface area is 106 Å². The minimum absolute atomic E-state index is 0.156. The lowest BCUT2D eigenvalue weighted by Crippen LogP contribution is -2.35. The number of rotatable bonds is 3. The summed E-state index contributed by atoms with van der Waals surface area (Å²) in [5, 5.41) is 0. The molecular formula is C16H26O. The van der Waals surface area contributed by atoms with Gasteiger partial charge >= 0.3 is 0 Å². The zero-order valence-corrected chi connectivity index (χ0v) is 12.1. The summed E-state index contributed by atoms with van der Waals surface area (Å²) < 4.78 is 6.15. The van der Waals surface area contributed by atoms with Gasteiger partial charge in [0, 0.05) is 0 Å². The predicted octanol–water partition coefficient (Wildman–Crippen LogP) is 4.92. The molecule has 1 rings (SSSR count). The molecule has 1 atom stereocenters. The molecule has 96 valence electrons. The molecule has 0 fully saturated rings. The van der Waals surface area contributed by atoms with Crippen molar-refractivity contribution in [3.63, 3.8) is 0 Å². The van der Waals surface area contributed by atoms with Crippen LogP contribution in [-0.2, 0) is 0 Å².